The third-order valence-electron chi connectivity index (χ3n) is 4.24. The number of carbonyl (C=O) groups excluding carboxylic acids is 1. The number of carbonyl (C=O) groups is 1. The Morgan fingerprint density at radius 2 is 1.78 bits per heavy atom. The third-order valence-corrected chi connectivity index (χ3v) is 4.24. The monoisotopic (exact) mass is 362 g/mol. The zero-order valence-corrected chi connectivity index (χ0v) is 15.6. The molecule has 3 aromatic rings. The van der Waals surface area contributed by atoms with Gasteiger partial charge < -0.3 is 15.4 Å². The molecular formula is C21H22N4O2. The lowest BCUT2D eigenvalue weighted by atomic mass is 10.1. The average molecular weight is 362 g/mol. The van der Waals surface area contributed by atoms with Crippen LogP contribution in [0.2, 0.25) is 0 Å². The smallest absolute Gasteiger partial charge is 0.258 e. The summed E-state index contributed by atoms with van der Waals surface area (Å²) in [6.07, 6.45) is 3.93. The van der Waals surface area contributed by atoms with Gasteiger partial charge in [0.1, 0.15) is 5.75 Å². The second-order valence-electron chi connectivity index (χ2n) is 6.07. The molecule has 6 heteroatoms. The predicted octanol–water partition coefficient (Wildman–Crippen LogP) is 4.35. The highest BCUT2D eigenvalue weighted by atomic mass is 16.5. The highest BCUT2D eigenvalue weighted by Crippen LogP contribution is 2.23. The molecule has 2 N–H and O–H groups in total. The van der Waals surface area contributed by atoms with Gasteiger partial charge >= 0.3 is 0 Å². The molecule has 1 amide bonds. The molecule has 0 fully saturated rings. The summed E-state index contributed by atoms with van der Waals surface area (Å²) >= 11 is 0. The van der Waals surface area contributed by atoms with Crippen molar-refractivity contribution in [3.8, 4) is 5.75 Å². The molecule has 0 unspecified atom stereocenters. The first-order valence-corrected chi connectivity index (χ1v) is 8.73. The van der Waals surface area contributed by atoms with Gasteiger partial charge in [0.15, 0.2) is 0 Å². The van der Waals surface area contributed by atoms with Gasteiger partial charge in [-0.25, -0.2) is 9.97 Å². The van der Waals surface area contributed by atoms with Crippen molar-refractivity contribution in [1.82, 2.24) is 9.97 Å². The number of hydrogen-bond acceptors (Lipinski definition) is 5. The zero-order valence-electron chi connectivity index (χ0n) is 15.6. The van der Waals surface area contributed by atoms with Crippen molar-refractivity contribution in [3.63, 3.8) is 0 Å². The summed E-state index contributed by atoms with van der Waals surface area (Å²) in [4.78, 5) is 20.9. The second kappa shape index (κ2) is 8.31. The van der Waals surface area contributed by atoms with Crippen molar-refractivity contribution >= 4 is 23.2 Å². The maximum absolute atomic E-state index is 12.3. The van der Waals surface area contributed by atoms with E-state index in [0.29, 0.717) is 17.2 Å². The normalized spacial score (nSPS) is 10.3. The van der Waals surface area contributed by atoms with Crippen LogP contribution in [-0.2, 0) is 6.42 Å². The minimum atomic E-state index is -0.267. The van der Waals surface area contributed by atoms with Crippen molar-refractivity contribution in [3.05, 3.63) is 71.5 Å². The molecule has 1 aromatic heterocycles. The lowest BCUT2D eigenvalue weighted by Crippen LogP contribution is -2.13. The van der Waals surface area contributed by atoms with Crippen molar-refractivity contribution in [2.24, 2.45) is 0 Å². The van der Waals surface area contributed by atoms with Gasteiger partial charge in [0.2, 0.25) is 5.95 Å². The van der Waals surface area contributed by atoms with Gasteiger partial charge in [-0.15, -0.1) is 0 Å². The van der Waals surface area contributed by atoms with Crippen LogP contribution in [0.4, 0.5) is 17.3 Å². The number of hydrogen-bond donors (Lipinski definition) is 2. The first-order chi connectivity index (χ1) is 13.1. The fourth-order valence-corrected chi connectivity index (χ4v) is 2.70. The molecule has 27 heavy (non-hydrogen) atoms. The molecule has 0 aliphatic rings. The van der Waals surface area contributed by atoms with E-state index in [4.69, 9.17) is 4.74 Å². The summed E-state index contributed by atoms with van der Waals surface area (Å²) in [6, 6.07) is 13.3. The molecule has 138 valence electrons. The molecule has 0 radical (unpaired) electrons. The molecule has 3 rings (SSSR count). The minimum Gasteiger partial charge on any atom is -0.497 e. The number of amides is 1. The quantitative estimate of drug-likeness (QED) is 0.682. The molecule has 0 spiro atoms. The topological polar surface area (TPSA) is 76.1 Å². The van der Waals surface area contributed by atoms with Crippen molar-refractivity contribution in [2.45, 2.75) is 20.3 Å². The van der Waals surface area contributed by atoms with Crippen LogP contribution in [0.25, 0.3) is 0 Å². The predicted molar refractivity (Wildman–Crippen MR) is 107 cm³/mol. The molecule has 0 aliphatic carbocycles. The first-order valence-electron chi connectivity index (χ1n) is 8.73. The zero-order chi connectivity index (χ0) is 19.2. The van der Waals surface area contributed by atoms with Crippen LogP contribution in [0.15, 0.2) is 54.9 Å². The van der Waals surface area contributed by atoms with Gasteiger partial charge in [-0.05, 0) is 48.7 Å². The molecule has 1 heterocycles. The van der Waals surface area contributed by atoms with Gasteiger partial charge in [0.25, 0.3) is 5.91 Å². The summed E-state index contributed by atoms with van der Waals surface area (Å²) in [5, 5.41) is 6.06. The van der Waals surface area contributed by atoms with E-state index in [1.165, 1.54) is 18.0 Å². The molecule has 0 atom stereocenters. The Morgan fingerprint density at radius 1 is 1.07 bits per heavy atom. The van der Waals surface area contributed by atoms with E-state index >= 15 is 0 Å². The van der Waals surface area contributed by atoms with E-state index in [0.717, 1.165) is 23.4 Å². The lowest BCUT2D eigenvalue weighted by Gasteiger charge is -2.13. The summed E-state index contributed by atoms with van der Waals surface area (Å²) in [5.74, 6) is 0.922. The van der Waals surface area contributed by atoms with E-state index in [1.807, 2.05) is 19.1 Å². The van der Waals surface area contributed by atoms with Crippen LogP contribution in [-0.4, -0.2) is 23.0 Å². The van der Waals surface area contributed by atoms with Crippen LogP contribution in [0.1, 0.15) is 28.4 Å². The first kappa shape index (κ1) is 18.4. The fraction of sp³-hybridized carbons (Fsp3) is 0.190. The molecule has 0 saturated heterocycles. The van der Waals surface area contributed by atoms with Crippen LogP contribution in [0.5, 0.6) is 5.75 Å². The highest BCUT2D eigenvalue weighted by molar-refractivity contribution is 6.03. The van der Waals surface area contributed by atoms with Crippen LogP contribution >= 0.6 is 0 Å². The Hall–Kier alpha value is -3.41. The number of methoxy groups -OCH3 is 1. The lowest BCUT2D eigenvalue weighted by molar-refractivity contribution is 0.102. The number of para-hydroxylation sites is 1. The number of rotatable bonds is 6. The number of aryl methyl sites for hydroxylation is 2. The summed E-state index contributed by atoms with van der Waals surface area (Å²) in [5.41, 5.74) is 4.39. The van der Waals surface area contributed by atoms with Crippen molar-refractivity contribution in [2.75, 3.05) is 17.7 Å². The average Bonchev–Trinajstić information content (AvgIpc) is 2.70. The van der Waals surface area contributed by atoms with Gasteiger partial charge in [-0.3, -0.25) is 4.79 Å². The summed E-state index contributed by atoms with van der Waals surface area (Å²) in [7, 11) is 1.60. The summed E-state index contributed by atoms with van der Waals surface area (Å²) in [6.45, 7) is 4.14. The number of aromatic nitrogens is 2. The Morgan fingerprint density at radius 3 is 2.41 bits per heavy atom. The van der Waals surface area contributed by atoms with Crippen LogP contribution in [0, 0.1) is 6.92 Å². The molecule has 0 aliphatic heterocycles. The van der Waals surface area contributed by atoms with E-state index in [9.17, 15) is 4.79 Å². The highest BCUT2D eigenvalue weighted by Gasteiger charge is 2.10. The Labute approximate surface area is 158 Å². The number of benzene rings is 2. The van der Waals surface area contributed by atoms with Gasteiger partial charge in [0, 0.05) is 23.8 Å². The number of anilines is 3. The Bertz CT molecular complexity index is 922. The van der Waals surface area contributed by atoms with E-state index in [-0.39, 0.29) is 5.91 Å². The Kier molecular flexibility index (Phi) is 5.66. The van der Waals surface area contributed by atoms with E-state index in [2.05, 4.69) is 33.6 Å². The summed E-state index contributed by atoms with van der Waals surface area (Å²) < 4.78 is 5.11. The Balaban J connectivity index is 1.70. The largest absolute Gasteiger partial charge is 0.497 e. The maximum atomic E-state index is 12.3. The molecular weight excluding hydrogens is 340 g/mol. The minimum absolute atomic E-state index is 0.267. The standard InChI is InChI=1S/C21H22N4O2/c1-4-15-7-5-6-14(2)19(15)25-21-22-12-16(13-23-21)20(26)24-17-8-10-18(27-3)11-9-17/h5-13H,4H2,1-3H3,(H,24,26)(H,22,23,25). The maximum Gasteiger partial charge on any atom is 0.258 e. The SMILES string of the molecule is CCc1cccc(C)c1Nc1ncc(C(=O)Nc2ccc(OC)cc2)cn1. The van der Waals surface area contributed by atoms with E-state index in [1.54, 1.807) is 31.4 Å². The van der Waals surface area contributed by atoms with Gasteiger partial charge in [0.05, 0.1) is 12.7 Å². The fourth-order valence-electron chi connectivity index (χ4n) is 2.70. The third kappa shape index (κ3) is 4.41. The van der Waals surface area contributed by atoms with Gasteiger partial charge in [-0.2, -0.15) is 0 Å². The van der Waals surface area contributed by atoms with Crippen molar-refractivity contribution < 1.29 is 9.53 Å². The molecule has 2 aromatic carbocycles. The second-order valence-corrected chi connectivity index (χ2v) is 6.07. The molecule has 6 nitrogen and oxygen atoms in total. The van der Waals surface area contributed by atoms with Crippen LogP contribution < -0.4 is 15.4 Å². The molecule has 0 bridgehead atoms. The number of nitrogens with zero attached hydrogens (tertiary/aromatic N) is 2. The van der Waals surface area contributed by atoms with Gasteiger partial charge in [-0.1, -0.05) is 25.1 Å². The molecule has 0 saturated carbocycles. The van der Waals surface area contributed by atoms with Crippen LogP contribution in [0.3, 0.4) is 0 Å². The van der Waals surface area contributed by atoms with E-state index < -0.39 is 0 Å². The van der Waals surface area contributed by atoms with Crippen molar-refractivity contribution in [1.29, 1.82) is 0 Å². The number of ether oxygens (including phenoxy) is 1. The number of nitrogens with one attached hydrogen (secondary N) is 2.